The van der Waals surface area contributed by atoms with Gasteiger partial charge >= 0.3 is 6.36 Å². The van der Waals surface area contributed by atoms with Gasteiger partial charge in [-0.15, -0.1) is 13.2 Å². The van der Waals surface area contributed by atoms with Crippen LogP contribution in [0.1, 0.15) is 22.5 Å². The summed E-state index contributed by atoms with van der Waals surface area (Å²) in [7, 11) is 0. The molecule has 0 atom stereocenters. The normalized spacial score (nSPS) is 11.7. The molecule has 0 fully saturated rings. The van der Waals surface area contributed by atoms with Crippen molar-refractivity contribution in [1.29, 1.82) is 0 Å². The van der Waals surface area contributed by atoms with Gasteiger partial charge in [-0.3, -0.25) is 4.79 Å². The maximum absolute atomic E-state index is 12.9. The molecule has 0 N–H and O–H groups in total. The Morgan fingerprint density at radius 1 is 1.35 bits per heavy atom. The van der Waals surface area contributed by atoms with Crippen molar-refractivity contribution in [1.82, 2.24) is 4.98 Å². The van der Waals surface area contributed by atoms with E-state index >= 15 is 0 Å². The molecule has 0 saturated heterocycles. The maximum atomic E-state index is 12.9. The van der Waals surface area contributed by atoms with E-state index in [1.807, 2.05) is 0 Å². The number of aldehydes is 1. The van der Waals surface area contributed by atoms with Crippen LogP contribution in [0.25, 0.3) is 0 Å². The summed E-state index contributed by atoms with van der Waals surface area (Å²) in [6.45, 7) is 0. The molecule has 0 aromatic carbocycles. The van der Waals surface area contributed by atoms with Crippen molar-refractivity contribution in [2.24, 2.45) is 0 Å². The molecular weight excluding hydrogens is 256 g/mol. The Labute approximate surface area is 90.0 Å². The molecule has 0 radical (unpaired) electrons. The highest BCUT2D eigenvalue weighted by atomic mass is 19.4. The van der Waals surface area contributed by atoms with E-state index < -0.39 is 35.6 Å². The summed E-state index contributed by atoms with van der Waals surface area (Å²) in [5.74, 6) is -3.11. The first-order valence-corrected chi connectivity index (χ1v) is 3.93. The smallest absolute Gasteiger partial charge is 0.403 e. The van der Waals surface area contributed by atoms with Crippen LogP contribution in [0.15, 0.2) is 6.20 Å². The molecule has 1 aromatic rings. The zero-order valence-electron chi connectivity index (χ0n) is 7.76. The number of nitrogens with zero attached hydrogens (tertiary/aromatic N) is 1. The number of halogens is 6. The molecule has 1 aromatic heterocycles. The molecule has 0 saturated carbocycles. The van der Waals surface area contributed by atoms with Crippen LogP contribution in [0.4, 0.5) is 26.3 Å². The first-order valence-electron chi connectivity index (χ1n) is 3.93. The zero-order valence-corrected chi connectivity index (χ0v) is 7.76. The van der Waals surface area contributed by atoms with Crippen molar-refractivity contribution < 1.29 is 35.9 Å². The van der Waals surface area contributed by atoms with Crippen molar-refractivity contribution in [3.63, 3.8) is 0 Å². The molecule has 0 bridgehead atoms. The summed E-state index contributed by atoms with van der Waals surface area (Å²) in [4.78, 5) is 13.1. The van der Waals surface area contributed by atoms with Gasteiger partial charge in [-0.05, 0) is 0 Å². The summed E-state index contributed by atoms with van der Waals surface area (Å²) in [6.07, 6.45) is -8.92. The summed E-state index contributed by atoms with van der Waals surface area (Å²) in [6, 6.07) is 0. The van der Waals surface area contributed by atoms with Crippen LogP contribution in [-0.4, -0.2) is 17.6 Å². The van der Waals surface area contributed by atoms with Crippen molar-refractivity contribution >= 4 is 6.29 Å². The van der Waals surface area contributed by atoms with E-state index in [4.69, 9.17) is 0 Å². The van der Waals surface area contributed by atoms with Crippen LogP contribution >= 0.6 is 0 Å². The first kappa shape index (κ1) is 13.3. The topological polar surface area (TPSA) is 39.2 Å². The second-order valence-electron chi connectivity index (χ2n) is 2.70. The van der Waals surface area contributed by atoms with E-state index in [1.165, 1.54) is 0 Å². The van der Waals surface area contributed by atoms with E-state index in [0.29, 0.717) is 0 Å². The minimum absolute atomic E-state index is 0.217. The largest absolute Gasteiger partial charge is 0.573 e. The lowest BCUT2D eigenvalue weighted by molar-refractivity contribution is -0.275. The number of hydrogen-bond acceptors (Lipinski definition) is 3. The second-order valence-corrected chi connectivity index (χ2v) is 2.70. The van der Waals surface area contributed by atoms with Gasteiger partial charge in [0.05, 0.1) is 11.8 Å². The lowest BCUT2D eigenvalue weighted by Gasteiger charge is -2.14. The molecule has 0 aliphatic rings. The number of hydrogen-bond donors (Lipinski definition) is 0. The molecule has 0 aliphatic heterocycles. The molecule has 94 valence electrons. The fraction of sp³-hybridized carbons (Fsp3) is 0.250. The minimum atomic E-state index is -5.34. The molecule has 0 spiro atoms. The molecule has 17 heavy (non-hydrogen) atoms. The second kappa shape index (κ2) is 4.60. The number of pyridine rings is 1. The summed E-state index contributed by atoms with van der Waals surface area (Å²) in [5, 5.41) is 0. The molecular formula is C8H3F6NO2. The average molecular weight is 259 g/mol. The van der Waals surface area contributed by atoms with Gasteiger partial charge in [-0.2, -0.15) is 0 Å². The van der Waals surface area contributed by atoms with Gasteiger partial charge < -0.3 is 4.74 Å². The molecule has 1 rings (SSSR count). The molecule has 0 aliphatic carbocycles. The number of carbonyl (C=O) groups excluding carboxylic acids is 1. The predicted octanol–water partition coefficient (Wildman–Crippen LogP) is 2.87. The monoisotopic (exact) mass is 259 g/mol. The van der Waals surface area contributed by atoms with Crippen LogP contribution in [0.5, 0.6) is 5.75 Å². The van der Waals surface area contributed by atoms with Crippen molar-refractivity contribution in [2.45, 2.75) is 12.8 Å². The van der Waals surface area contributed by atoms with Gasteiger partial charge in [-0.1, -0.05) is 0 Å². The van der Waals surface area contributed by atoms with E-state index in [0.717, 1.165) is 0 Å². The van der Waals surface area contributed by atoms with Gasteiger partial charge in [-0.25, -0.2) is 18.2 Å². The van der Waals surface area contributed by atoms with Gasteiger partial charge in [0.25, 0.3) is 6.43 Å². The third-order valence-corrected chi connectivity index (χ3v) is 1.59. The van der Waals surface area contributed by atoms with E-state index in [9.17, 15) is 31.1 Å². The van der Waals surface area contributed by atoms with Crippen LogP contribution in [0.3, 0.4) is 0 Å². The van der Waals surface area contributed by atoms with Crippen LogP contribution in [-0.2, 0) is 0 Å². The average Bonchev–Trinajstić information content (AvgIpc) is 2.15. The van der Waals surface area contributed by atoms with Crippen LogP contribution in [0, 0.1) is 5.82 Å². The van der Waals surface area contributed by atoms with Gasteiger partial charge in [0.2, 0.25) is 0 Å². The predicted molar refractivity (Wildman–Crippen MR) is 41.2 cm³/mol. The number of ether oxygens (including phenoxy) is 1. The number of carbonyl (C=O) groups is 1. The molecule has 1 heterocycles. The molecule has 9 heteroatoms. The van der Waals surface area contributed by atoms with Crippen molar-refractivity contribution in [3.8, 4) is 5.75 Å². The lowest BCUT2D eigenvalue weighted by Crippen LogP contribution is -2.20. The highest BCUT2D eigenvalue weighted by Crippen LogP contribution is 2.34. The molecule has 0 unspecified atom stereocenters. The lowest BCUT2D eigenvalue weighted by atomic mass is 10.2. The van der Waals surface area contributed by atoms with E-state index in [1.54, 1.807) is 0 Å². The zero-order chi connectivity index (χ0) is 13.2. The quantitative estimate of drug-likeness (QED) is 0.618. The highest BCUT2D eigenvalue weighted by Gasteiger charge is 2.36. The Balaban J connectivity index is 3.39. The van der Waals surface area contributed by atoms with Crippen molar-refractivity contribution in [3.05, 3.63) is 23.3 Å². The third kappa shape index (κ3) is 3.08. The van der Waals surface area contributed by atoms with Gasteiger partial charge in [0.1, 0.15) is 5.69 Å². The molecule has 0 amide bonds. The van der Waals surface area contributed by atoms with Gasteiger partial charge in [0.15, 0.2) is 17.9 Å². The minimum Gasteiger partial charge on any atom is -0.403 e. The highest BCUT2D eigenvalue weighted by molar-refractivity contribution is 5.80. The first-order chi connectivity index (χ1) is 7.76. The number of aromatic nitrogens is 1. The SMILES string of the molecule is O=Cc1c(F)cnc(C(F)F)c1OC(F)(F)F. The van der Waals surface area contributed by atoms with E-state index in [2.05, 4.69) is 9.72 Å². The summed E-state index contributed by atoms with van der Waals surface area (Å²) in [5.41, 5.74) is -2.71. The Morgan fingerprint density at radius 3 is 2.35 bits per heavy atom. The number of rotatable bonds is 3. The van der Waals surface area contributed by atoms with Crippen molar-refractivity contribution in [2.75, 3.05) is 0 Å². The standard InChI is InChI=1S/C8H3F6NO2/c9-4-1-15-5(7(10)11)6(3(4)2-16)17-8(12,13)14/h1-2,7H. The third-order valence-electron chi connectivity index (χ3n) is 1.59. The summed E-state index contributed by atoms with van der Waals surface area (Å²) < 4.78 is 76.4. The van der Waals surface area contributed by atoms with Gasteiger partial charge in [0, 0.05) is 0 Å². The Morgan fingerprint density at radius 2 is 1.94 bits per heavy atom. The fourth-order valence-corrected chi connectivity index (χ4v) is 0.989. The molecule has 3 nitrogen and oxygen atoms in total. The maximum Gasteiger partial charge on any atom is 0.573 e. The fourth-order valence-electron chi connectivity index (χ4n) is 0.989. The van der Waals surface area contributed by atoms with E-state index in [-0.39, 0.29) is 12.5 Å². The number of alkyl halides is 5. The van der Waals surface area contributed by atoms with Crippen LogP contribution in [0.2, 0.25) is 0 Å². The van der Waals surface area contributed by atoms with Crippen LogP contribution < -0.4 is 4.74 Å². The Bertz CT molecular complexity index is 431. The Hall–Kier alpha value is -1.80. The Kier molecular flexibility index (Phi) is 3.59. The summed E-state index contributed by atoms with van der Waals surface area (Å²) >= 11 is 0.